The first-order valence-electron chi connectivity index (χ1n) is 6.83. The van der Waals surface area contributed by atoms with Crippen LogP contribution in [0.4, 0.5) is 0 Å². The van der Waals surface area contributed by atoms with Crippen molar-refractivity contribution in [3.8, 4) is 0 Å². The maximum atomic E-state index is 11.9. The van der Waals surface area contributed by atoms with Crippen LogP contribution in [0.2, 0.25) is 0 Å². The highest BCUT2D eigenvalue weighted by atomic mass is 32.2. The first-order valence-corrected chi connectivity index (χ1v) is 7.82. The Hall–Kier alpha value is -1.89. The van der Waals surface area contributed by atoms with Gasteiger partial charge in [-0.1, -0.05) is 42.1 Å². The van der Waals surface area contributed by atoms with Crippen molar-refractivity contribution >= 4 is 17.7 Å². The van der Waals surface area contributed by atoms with Gasteiger partial charge in [0.2, 0.25) is 11.1 Å². The van der Waals surface area contributed by atoms with E-state index in [2.05, 4.69) is 33.0 Å². The van der Waals surface area contributed by atoms with Crippen LogP contribution in [-0.4, -0.2) is 37.9 Å². The van der Waals surface area contributed by atoms with Crippen molar-refractivity contribution in [2.75, 3.05) is 5.75 Å². The lowest BCUT2D eigenvalue weighted by Gasteiger charge is -2.13. The van der Waals surface area contributed by atoms with Crippen molar-refractivity contribution in [2.24, 2.45) is 7.05 Å². The molecule has 0 saturated carbocycles. The average molecular weight is 305 g/mol. The van der Waals surface area contributed by atoms with E-state index in [1.54, 1.807) is 11.7 Å². The van der Waals surface area contributed by atoms with Gasteiger partial charge in [-0.05, 0) is 35.8 Å². The summed E-state index contributed by atoms with van der Waals surface area (Å²) in [6, 6.07) is 10.4. The molecule has 1 aromatic heterocycles. The minimum Gasteiger partial charge on any atom is -0.353 e. The minimum absolute atomic E-state index is 0.00330. The van der Waals surface area contributed by atoms with Gasteiger partial charge < -0.3 is 5.32 Å². The third kappa shape index (κ3) is 5.18. The van der Waals surface area contributed by atoms with Crippen molar-refractivity contribution in [3.63, 3.8) is 0 Å². The third-order valence-corrected chi connectivity index (χ3v) is 4.04. The maximum Gasteiger partial charge on any atom is 0.230 e. The first kappa shape index (κ1) is 15.5. The Balaban J connectivity index is 1.68. The Morgan fingerprint density at radius 2 is 2.14 bits per heavy atom. The second kappa shape index (κ2) is 7.78. The number of hydrogen-bond acceptors (Lipinski definition) is 5. The largest absolute Gasteiger partial charge is 0.353 e. The number of amides is 1. The summed E-state index contributed by atoms with van der Waals surface area (Å²) in [5, 5.41) is 14.7. The molecule has 1 amide bonds. The molecule has 7 heteroatoms. The summed E-state index contributed by atoms with van der Waals surface area (Å²) in [6.07, 6.45) is 1.88. The Bertz CT molecular complexity index is 572. The smallest absolute Gasteiger partial charge is 0.230 e. The fraction of sp³-hybridized carbons (Fsp3) is 0.429. The Morgan fingerprint density at radius 1 is 1.38 bits per heavy atom. The number of aromatic nitrogens is 4. The predicted octanol–water partition coefficient (Wildman–Crippen LogP) is 1.44. The number of rotatable bonds is 7. The Labute approximate surface area is 128 Å². The maximum absolute atomic E-state index is 11.9. The van der Waals surface area contributed by atoms with Crippen molar-refractivity contribution in [3.05, 3.63) is 35.9 Å². The molecule has 0 unspecified atom stereocenters. The molecule has 1 aromatic carbocycles. The zero-order chi connectivity index (χ0) is 15.1. The highest BCUT2D eigenvalue weighted by molar-refractivity contribution is 7.99. The summed E-state index contributed by atoms with van der Waals surface area (Å²) < 4.78 is 1.55. The Morgan fingerprint density at radius 3 is 2.81 bits per heavy atom. The predicted molar refractivity (Wildman–Crippen MR) is 81.9 cm³/mol. The number of nitrogens with one attached hydrogen (secondary N) is 1. The fourth-order valence-electron chi connectivity index (χ4n) is 1.89. The number of thioether (sulfide) groups is 1. The van der Waals surface area contributed by atoms with E-state index in [9.17, 15) is 4.79 Å². The highest BCUT2D eigenvalue weighted by Crippen LogP contribution is 2.11. The number of tetrazole rings is 1. The molecule has 0 aliphatic carbocycles. The number of benzene rings is 1. The number of aryl methyl sites for hydroxylation is 2. The number of carbonyl (C=O) groups is 1. The van der Waals surface area contributed by atoms with E-state index >= 15 is 0 Å². The summed E-state index contributed by atoms with van der Waals surface area (Å²) in [6.45, 7) is 2.02. The molecular formula is C14H19N5OS. The summed E-state index contributed by atoms with van der Waals surface area (Å²) >= 11 is 1.33. The van der Waals surface area contributed by atoms with Crippen LogP contribution in [0.5, 0.6) is 0 Å². The lowest BCUT2D eigenvalue weighted by molar-refractivity contribution is -0.119. The van der Waals surface area contributed by atoms with Crippen molar-refractivity contribution in [2.45, 2.75) is 31.0 Å². The molecule has 112 valence electrons. The Kier molecular flexibility index (Phi) is 5.74. The number of hydrogen-bond donors (Lipinski definition) is 1. The van der Waals surface area contributed by atoms with Gasteiger partial charge in [-0.2, -0.15) is 0 Å². The summed E-state index contributed by atoms with van der Waals surface area (Å²) in [5.74, 6) is 0.327. The summed E-state index contributed by atoms with van der Waals surface area (Å²) in [7, 11) is 1.75. The van der Waals surface area contributed by atoms with Crippen LogP contribution in [0, 0.1) is 0 Å². The number of carbonyl (C=O) groups excluding carboxylic acids is 1. The van der Waals surface area contributed by atoms with E-state index in [0.717, 1.165) is 12.8 Å². The SMILES string of the molecule is C[C@@H](CCc1ccccc1)NC(=O)CSc1nnnn1C. The van der Waals surface area contributed by atoms with Gasteiger partial charge in [0, 0.05) is 13.1 Å². The molecule has 2 rings (SSSR count). The molecule has 0 bridgehead atoms. The van der Waals surface area contributed by atoms with Gasteiger partial charge in [0.15, 0.2) is 0 Å². The fourth-order valence-corrected chi connectivity index (χ4v) is 2.55. The molecule has 1 heterocycles. The molecule has 0 saturated heterocycles. The van der Waals surface area contributed by atoms with Crippen molar-refractivity contribution < 1.29 is 4.79 Å². The lowest BCUT2D eigenvalue weighted by atomic mass is 10.1. The van der Waals surface area contributed by atoms with E-state index < -0.39 is 0 Å². The zero-order valence-corrected chi connectivity index (χ0v) is 13.0. The standard InChI is InChI=1S/C14H19N5OS/c1-11(8-9-12-6-4-3-5-7-12)15-13(20)10-21-14-16-17-18-19(14)2/h3-7,11H,8-10H2,1-2H3,(H,15,20)/t11-/m0/s1. The van der Waals surface area contributed by atoms with E-state index in [1.807, 2.05) is 25.1 Å². The first-order chi connectivity index (χ1) is 10.1. The van der Waals surface area contributed by atoms with Gasteiger partial charge in [0.25, 0.3) is 0 Å². The molecule has 1 N–H and O–H groups in total. The second-order valence-corrected chi connectivity index (χ2v) is 5.81. The molecule has 0 aliphatic heterocycles. The molecule has 0 fully saturated rings. The number of nitrogens with zero attached hydrogens (tertiary/aromatic N) is 4. The van der Waals surface area contributed by atoms with Gasteiger partial charge in [0.1, 0.15) is 0 Å². The molecule has 2 aromatic rings. The summed E-state index contributed by atoms with van der Waals surface area (Å²) in [4.78, 5) is 11.9. The minimum atomic E-state index is 0.00330. The van der Waals surface area contributed by atoms with Crippen LogP contribution in [0.15, 0.2) is 35.5 Å². The topological polar surface area (TPSA) is 72.7 Å². The van der Waals surface area contributed by atoms with Gasteiger partial charge in [-0.3, -0.25) is 4.79 Å². The van der Waals surface area contributed by atoms with Crippen LogP contribution in [-0.2, 0) is 18.3 Å². The normalized spacial score (nSPS) is 12.1. The highest BCUT2D eigenvalue weighted by Gasteiger charge is 2.10. The quantitative estimate of drug-likeness (QED) is 0.784. The molecular weight excluding hydrogens is 286 g/mol. The van der Waals surface area contributed by atoms with Gasteiger partial charge >= 0.3 is 0 Å². The van der Waals surface area contributed by atoms with Crippen molar-refractivity contribution in [1.29, 1.82) is 0 Å². The summed E-state index contributed by atoms with van der Waals surface area (Å²) in [5.41, 5.74) is 1.29. The average Bonchev–Trinajstić information content (AvgIpc) is 2.89. The van der Waals surface area contributed by atoms with E-state index in [4.69, 9.17) is 0 Å². The van der Waals surface area contributed by atoms with Gasteiger partial charge in [-0.15, -0.1) is 5.10 Å². The molecule has 6 nitrogen and oxygen atoms in total. The molecule has 0 radical (unpaired) electrons. The van der Waals surface area contributed by atoms with Gasteiger partial charge in [0.05, 0.1) is 5.75 Å². The van der Waals surface area contributed by atoms with E-state index in [0.29, 0.717) is 10.9 Å². The third-order valence-electron chi connectivity index (χ3n) is 3.03. The molecule has 0 spiro atoms. The molecule has 0 aliphatic rings. The van der Waals surface area contributed by atoms with Crippen LogP contribution in [0.1, 0.15) is 18.9 Å². The van der Waals surface area contributed by atoms with Crippen molar-refractivity contribution in [1.82, 2.24) is 25.5 Å². The van der Waals surface area contributed by atoms with E-state index in [-0.39, 0.29) is 11.9 Å². The zero-order valence-electron chi connectivity index (χ0n) is 12.2. The van der Waals surface area contributed by atoms with Gasteiger partial charge in [-0.25, -0.2) is 4.68 Å². The monoisotopic (exact) mass is 305 g/mol. The van der Waals surface area contributed by atoms with Crippen LogP contribution >= 0.6 is 11.8 Å². The van der Waals surface area contributed by atoms with E-state index in [1.165, 1.54) is 17.3 Å². The van der Waals surface area contributed by atoms with Crippen LogP contribution in [0.3, 0.4) is 0 Å². The lowest BCUT2D eigenvalue weighted by Crippen LogP contribution is -2.34. The molecule has 1 atom stereocenters. The van der Waals surface area contributed by atoms with Crippen LogP contribution < -0.4 is 5.32 Å². The second-order valence-electron chi connectivity index (χ2n) is 4.87. The van der Waals surface area contributed by atoms with Crippen LogP contribution in [0.25, 0.3) is 0 Å². The molecule has 21 heavy (non-hydrogen) atoms.